The SMILES string of the molecule is COCC(=O)[C@H]1CC[C@H]2[C@@H]3CCC4=CC(=O)C=C[C@]4(C)[C@H]3CC[C@]12C. The molecule has 6 atom stereocenters. The molecule has 0 unspecified atom stereocenters. The number of hydrogen-bond acceptors (Lipinski definition) is 3. The van der Waals surface area contributed by atoms with E-state index in [-0.39, 0.29) is 29.1 Å². The van der Waals surface area contributed by atoms with Crippen LogP contribution in [0.2, 0.25) is 0 Å². The van der Waals surface area contributed by atoms with Crippen LogP contribution in [0.4, 0.5) is 0 Å². The van der Waals surface area contributed by atoms with E-state index in [9.17, 15) is 9.59 Å². The Labute approximate surface area is 150 Å². The zero-order valence-electron chi connectivity index (χ0n) is 15.7. The van der Waals surface area contributed by atoms with E-state index < -0.39 is 0 Å². The average molecular weight is 342 g/mol. The highest BCUT2D eigenvalue weighted by atomic mass is 16.5. The molecule has 0 aromatic heterocycles. The van der Waals surface area contributed by atoms with Crippen LogP contribution >= 0.6 is 0 Å². The number of carbonyl (C=O) groups is 2. The van der Waals surface area contributed by atoms with Crippen molar-refractivity contribution in [1.29, 1.82) is 0 Å². The summed E-state index contributed by atoms with van der Waals surface area (Å²) in [7, 11) is 1.62. The highest BCUT2D eigenvalue weighted by Gasteiger charge is 2.59. The predicted molar refractivity (Wildman–Crippen MR) is 97.0 cm³/mol. The lowest BCUT2D eigenvalue weighted by Crippen LogP contribution is -2.50. The summed E-state index contributed by atoms with van der Waals surface area (Å²) in [5.41, 5.74) is 1.53. The van der Waals surface area contributed by atoms with Crippen molar-refractivity contribution in [1.82, 2.24) is 0 Å². The van der Waals surface area contributed by atoms with Crippen LogP contribution in [0.5, 0.6) is 0 Å². The van der Waals surface area contributed by atoms with Crippen LogP contribution in [0.15, 0.2) is 23.8 Å². The van der Waals surface area contributed by atoms with E-state index in [2.05, 4.69) is 19.9 Å². The van der Waals surface area contributed by atoms with Crippen molar-refractivity contribution in [2.45, 2.75) is 52.4 Å². The van der Waals surface area contributed by atoms with E-state index in [0.717, 1.165) is 19.3 Å². The van der Waals surface area contributed by atoms with Crippen molar-refractivity contribution >= 4 is 11.6 Å². The third-order valence-corrected chi connectivity index (χ3v) is 8.23. The molecule has 3 nitrogen and oxygen atoms in total. The molecule has 3 heteroatoms. The van der Waals surface area contributed by atoms with Crippen LogP contribution in [0, 0.1) is 34.5 Å². The van der Waals surface area contributed by atoms with E-state index >= 15 is 0 Å². The maximum Gasteiger partial charge on any atom is 0.178 e. The minimum Gasteiger partial charge on any atom is -0.377 e. The van der Waals surface area contributed by atoms with E-state index in [0.29, 0.717) is 23.5 Å². The lowest BCUT2D eigenvalue weighted by Gasteiger charge is -2.56. The molecule has 0 radical (unpaired) electrons. The van der Waals surface area contributed by atoms with Gasteiger partial charge in [0.1, 0.15) is 6.61 Å². The van der Waals surface area contributed by atoms with Gasteiger partial charge in [-0.2, -0.15) is 0 Å². The molecular formula is C22H30O3. The average Bonchev–Trinajstić information content (AvgIpc) is 2.93. The molecule has 3 saturated carbocycles. The molecule has 3 fully saturated rings. The van der Waals surface area contributed by atoms with Gasteiger partial charge in [0.05, 0.1) is 0 Å². The molecule has 25 heavy (non-hydrogen) atoms. The fourth-order valence-electron chi connectivity index (χ4n) is 6.97. The lowest BCUT2D eigenvalue weighted by atomic mass is 9.47. The second-order valence-corrected chi connectivity index (χ2v) is 9.18. The highest BCUT2D eigenvalue weighted by Crippen LogP contribution is 2.66. The Balaban J connectivity index is 1.62. The summed E-state index contributed by atoms with van der Waals surface area (Å²) < 4.78 is 5.15. The molecule has 0 bridgehead atoms. The molecule has 0 N–H and O–H groups in total. The topological polar surface area (TPSA) is 43.4 Å². The molecule has 0 saturated heterocycles. The van der Waals surface area contributed by atoms with Crippen molar-refractivity contribution in [3.05, 3.63) is 23.8 Å². The molecule has 4 rings (SSSR count). The molecule has 0 heterocycles. The first-order valence-corrected chi connectivity index (χ1v) is 9.86. The van der Waals surface area contributed by atoms with Gasteiger partial charge < -0.3 is 4.74 Å². The standard InChI is InChI=1S/C22H30O3/c1-21-10-8-15(23)12-14(21)4-5-16-17-6-7-19(20(24)13-25-3)22(17,2)11-9-18(16)21/h8,10,12,16-19H,4-7,9,11,13H2,1-3H3/t16-,17-,18-,19+,21-,22-/m0/s1. The second-order valence-electron chi connectivity index (χ2n) is 9.18. The molecule has 0 spiro atoms. The monoisotopic (exact) mass is 342 g/mol. The van der Waals surface area contributed by atoms with Crippen LogP contribution in [-0.2, 0) is 14.3 Å². The first-order chi connectivity index (χ1) is 11.9. The number of hydrogen-bond donors (Lipinski definition) is 0. The lowest BCUT2D eigenvalue weighted by molar-refractivity contribution is -0.133. The molecule has 4 aliphatic carbocycles. The number of fused-ring (bicyclic) bond motifs is 5. The fourth-order valence-corrected chi connectivity index (χ4v) is 6.97. The summed E-state index contributed by atoms with van der Waals surface area (Å²) in [6, 6.07) is 0. The van der Waals surface area contributed by atoms with E-state index in [1.54, 1.807) is 13.2 Å². The predicted octanol–water partition coefficient (Wildman–Crippen LogP) is 4.13. The normalized spacial score (nSPS) is 45.4. The smallest absolute Gasteiger partial charge is 0.178 e. The summed E-state index contributed by atoms with van der Waals surface area (Å²) in [6.45, 7) is 4.97. The summed E-state index contributed by atoms with van der Waals surface area (Å²) >= 11 is 0. The van der Waals surface area contributed by atoms with E-state index in [1.807, 2.05) is 6.08 Å². The van der Waals surface area contributed by atoms with Gasteiger partial charge in [-0.25, -0.2) is 0 Å². The Kier molecular flexibility index (Phi) is 4.06. The Morgan fingerprint density at radius 2 is 2.00 bits per heavy atom. The largest absolute Gasteiger partial charge is 0.377 e. The number of ketones is 2. The third-order valence-electron chi connectivity index (χ3n) is 8.23. The zero-order chi connectivity index (χ0) is 17.8. The number of rotatable bonds is 3. The van der Waals surface area contributed by atoms with Gasteiger partial charge in [0, 0.05) is 18.4 Å². The van der Waals surface area contributed by atoms with Gasteiger partial charge in [-0.05, 0) is 73.8 Å². The number of ether oxygens (including phenoxy) is 1. The molecule has 0 aromatic rings. The minimum absolute atomic E-state index is 0.0484. The van der Waals surface area contributed by atoms with Gasteiger partial charge in [0.15, 0.2) is 11.6 Å². The van der Waals surface area contributed by atoms with E-state index in [4.69, 9.17) is 4.74 Å². The Morgan fingerprint density at radius 1 is 1.20 bits per heavy atom. The van der Waals surface area contributed by atoms with Gasteiger partial charge in [-0.3, -0.25) is 9.59 Å². The highest BCUT2D eigenvalue weighted by molar-refractivity contribution is 6.01. The number of methoxy groups -OCH3 is 1. The maximum atomic E-state index is 12.6. The van der Waals surface area contributed by atoms with Crippen molar-refractivity contribution in [2.24, 2.45) is 34.5 Å². The first-order valence-electron chi connectivity index (χ1n) is 9.86. The van der Waals surface area contributed by atoms with Crippen LogP contribution in [0.3, 0.4) is 0 Å². The van der Waals surface area contributed by atoms with Gasteiger partial charge in [-0.15, -0.1) is 0 Å². The quantitative estimate of drug-likeness (QED) is 0.775. The molecule has 0 aromatic carbocycles. The third kappa shape index (κ3) is 2.42. The van der Waals surface area contributed by atoms with Gasteiger partial charge >= 0.3 is 0 Å². The molecule has 0 aliphatic heterocycles. The molecule has 0 amide bonds. The summed E-state index contributed by atoms with van der Waals surface area (Å²) in [5, 5.41) is 0. The molecule has 136 valence electrons. The van der Waals surface area contributed by atoms with E-state index in [1.165, 1.54) is 24.8 Å². The molecular weight excluding hydrogens is 312 g/mol. The van der Waals surface area contributed by atoms with Crippen LogP contribution in [-0.4, -0.2) is 25.3 Å². The van der Waals surface area contributed by atoms with Gasteiger partial charge in [-0.1, -0.05) is 25.5 Å². The van der Waals surface area contributed by atoms with Crippen LogP contribution < -0.4 is 0 Å². The summed E-state index contributed by atoms with van der Waals surface area (Å²) in [4.78, 5) is 24.4. The molecule has 4 aliphatic rings. The maximum absolute atomic E-state index is 12.6. The Morgan fingerprint density at radius 3 is 2.76 bits per heavy atom. The summed E-state index contributed by atoms with van der Waals surface area (Å²) in [6.07, 6.45) is 12.6. The van der Waals surface area contributed by atoms with Crippen molar-refractivity contribution in [3.63, 3.8) is 0 Å². The van der Waals surface area contributed by atoms with Gasteiger partial charge in [0.25, 0.3) is 0 Å². The van der Waals surface area contributed by atoms with Crippen LogP contribution in [0.1, 0.15) is 52.4 Å². The zero-order valence-corrected chi connectivity index (χ0v) is 15.7. The number of allylic oxidation sites excluding steroid dienone is 4. The fraction of sp³-hybridized carbons (Fsp3) is 0.727. The Bertz CT molecular complexity index is 660. The van der Waals surface area contributed by atoms with Crippen molar-refractivity contribution < 1.29 is 14.3 Å². The Hall–Kier alpha value is -1.22. The van der Waals surface area contributed by atoms with Gasteiger partial charge in [0.2, 0.25) is 0 Å². The minimum atomic E-state index is 0.0484. The van der Waals surface area contributed by atoms with Crippen LogP contribution in [0.25, 0.3) is 0 Å². The number of carbonyl (C=O) groups excluding carboxylic acids is 2. The van der Waals surface area contributed by atoms with Crippen molar-refractivity contribution in [3.8, 4) is 0 Å². The second kappa shape index (κ2) is 5.90. The number of Topliss-reactive ketones (excluding diaryl/α,β-unsaturated/α-hetero) is 1. The van der Waals surface area contributed by atoms with Crippen molar-refractivity contribution in [2.75, 3.05) is 13.7 Å². The first kappa shape index (κ1) is 17.2. The summed E-state index contributed by atoms with van der Waals surface area (Å²) in [5.74, 6) is 2.56.